The molecule has 0 aliphatic heterocycles. The molecule has 43 heavy (non-hydrogen) atoms. The number of fused-ring (bicyclic) bond motifs is 6. The first-order valence-corrected chi connectivity index (χ1v) is 15.0. The van der Waals surface area contributed by atoms with Crippen LogP contribution in [0.1, 0.15) is 76.9 Å². The number of hydrogen-bond acceptors (Lipinski definition) is 6. The summed E-state index contributed by atoms with van der Waals surface area (Å²) in [5, 5.41) is 0. The largest absolute Gasteiger partial charge is 0.426 e. The lowest BCUT2D eigenvalue weighted by Crippen LogP contribution is -2.19. The van der Waals surface area contributed by atoms with Crippen LogP contribution in [-0.4, -0.2) is 24.1 Å². The van der Waals surface area contributed by atoms with Gasteiger partial charge in [0.05, 0.1) is 6.61 Å². The summed E-state index contributed by atoms with van der Waals surface area (Å²) < 4.78 is 5.86. The lowest BCUT2D eigenvalue weighted by molar-refractivity contribution is -0.311. The van der Waals surface area contributed by atoms with E-state index in [4.69, 9.17) is 14.5 Å². The average Bonchev–Trinajstić information content (AvgIpc) is 3.50. The Labute approximate surface area is 251 Å². The van der Waals surface area contributed by atoms with Gasteiger partial charge in [-0.05, 0) is 46.6 Å². The van der Waals surface area contributed by atoms with Gasteiger partial charge in [-0.2, -0.15) is 0 Å². The monoisotopic (exact) mass is 574 g/mol. The number of esters is 1. The Hall–Kier alpha value is -4.39. The normalized spacial score (nSPS) is 14.1. The number of rotatable bonds is 12. The average molecular weight is 575 g/mol. The van der Waals surface area contributed by atoms with E-state index in [1.54, 1.807) is 24.3 Å². The van der Waals surface area contributed by atoms with Crippen molar-refractivity contribution >= 4 is 17.5 Å². The molecule has 0 saturated carbocycles. The molecular weight excluding hydrogens is 540 g/mol. The first-order chi connectivity index (χ1) is 21.0. The standard InChI is InChI=1S/C37H34O6/c1-3-23(20-33(38)43-32-18-10-17-31-35(32)27-13-6-8-15-29(27)37(31)40)19-24(4-2)21-41-42-22-25-11-9-16-30-34(25)26-12-5-7-14-28(26)36(30)39/h5-18,23-24H,3-4,19-22H2,1-2H3. The fourth-order valence-electron chi connectivity index (χ4n) is 6.27. The van der Waals surface area contributed by atoms with Crippen molar-refractivity contribution in [2.75, 3.05) is 6.61 Å². The summed E-state index contributed by atoms with van der Waals surface area (Å²) >= 11 is 0. The molecule has 0 saturated heterocycles. The van der Waals surface area contributed by atoms with Crippen LogP contribution in [0.25, 0.3) is 22.3 Å². The summed E-state index contributed by atoms with van der Waals surface area (Å²) in [5.41, 5.74) is 6.87. The highest BCUT2D eigenvalue weighted by molar-refractivity contribution is 6.23. The van der Waals surface area contributed by atoms with E-state index in [2.05, 4.69) is 13.8 Å². The quantitative estimate of drug-likeness (QED) is 0.0485. The van der Waals surface area contributed by atoms with Crippen LogP contribution in [0.3, 0.4) is 0 Å². The van der Waals surface area contributed by atoms with Crippen LogP contribution < -0.4 is 4.74 Å². The molecule has 2 aliphatic carbocycles. The third-order valence-corrected chi connectivity index (χ3v) is 8.65. The van der Waals surface area contributed by atoms with Crippen molar-refractivity contribution in [1.29, 1.82) is 0 Å². The van der Waals surface area contributed by atoms with E-state index >= 15 is 0 Å². The topological polar surface area (TPSA) is 78.9 Å². The molecule has 2 aliphatic rings. The lowest BCUT2D eigenvalue weighted by atomic mass is 9.89. The van der Waals surface area contributed by atoms with Crippen LogP contribution in [0.2, 0.25) is 0 Å². The van der Waals surface area contributed by atoms with Gasteiger partial charge in [0.2, 0.25) is 0 Å². The molecule has 4 aromatic carbocycles. The van der Waals surface area contributed by atoms with Gasteiger partial charge >= 0.3 is 5.97 Å². The van der Waals surface area contributed by atoms with Gasteiger partial charge in [0.25, 0.3) is 0 Å². The van der Waals surface area contributed by atoms with Gasteiger partial charge < -0.3 is 4.74 Å². The van der Waals surface area contributed by atoms with Crippen LogP contribution >= 0.6 is 0 Å². The zero-order chi connectivity index (χ0) is 29.9. The molecule has 0 amide bonds. The minimum Gasteiger partial charge on any atom is -0.426 e. The van der Waals surface area contributed by atoms with Crippen molar-refractivity contribution in [2.24, 2.45) is 11.8 Å². The fourth-order valence-corrected chi connectivity index (χ4v) is 6.27. The molecule has 0 heterocycles. The SMILES string of the molecule is CCC(COOCc1cccc2c1-c1ccccc1C2=O)CC(CC)CC(=O)Oc1cccc2c1-c1ccccc1C2=O. The molecule has 6 rings (SSSR count). The Balaban J connectivity index is 1.04. The lowest BCUT2D eigenvalue weighted by Gasteiger charge is -2.21. The van der Waals surface area contributed by atoms with E-state index < -0.39 is 0 Å². The maximum Gasteiger partial charge on any atom is 0.311 e. The highest BCUT2D eigenvalue weighted by Gasteiger charge is 2.31. The molecular formula is C37H34O6. The fraction of sp³-hybridized carbons (Fsp3) is 0.270. The van der Waals surface area contributed by atoms with Crippen LogP contribution in [0.4, 0.5) is 0 Å². The van der Waals surface area contributed by atoms with Crippen LogP contribution in [-0.2, 0) is 21.2 Å². The molecule has 0 bridgehead atoms. The first kappa shape index (κ1) is 28.7. The van der Waals surface area contributed by atoms with E-state index in [0.29, 0.717) is 34.6 Å². The van der Waals surface area contributed by atoms with Gasteiger partial charge in [-0.25, -0.2) is 9.78 Å². The Kier molecular flexibility index (Phi) is 8.32. The Bertz CT molecular complexity index is 1700. The van der Waals surface area contributed by atoms with Crippen molar-refractivity contribution in [3.63, 3.8) is 0 Å². The molecule has 218 valence electrons. The van der Waals surface area contributed by atoms with Gasteiger partial charge in [-0.15, -0.1) is 0 Å². The Morgan fingerprint density at radius 2 is 1.19 bits per heavy atom. The van der Waals surface area contributed by atoms with Crippen molar-refractivity contribution in [2.45, 2.75) is 46.1 Å². The highest BCUT2D eigenvalue weighted by atomic mass is 17.2. The van der Waals surface area contributed by atoms with E-state index in [1.165, 1.54) is 0 Å². The molecule has 6 nitrogen and oxygen atoms in total. The van der Waals surface area contributed by atoms with Crippen molar-refractivity contribution in [3.05, 3.63) is 113 Å². The number of ether oxygens (including phenoxy) is 1. The number of carbonyl (C=O) groups excluding carboxylic acids is 3. The number of carbonyl (C=O) groups is 3. The summed E-state index contributed by atoms with van der Waals surface area (Å²) in [6, 6.07) is 26.1. The minimum absolute atomic E-state index is 0.0403. The Morgan fingerprint density at radius 1 is 0.628 bits per heavy atom. The summed E-state index contributed by atoms with van der Waals surface area (Å²) in [7, 11) is 0. The molecule has 4 aromatic rings. The second kappa shape index (κ2) is 12.5. The molecule has 0 spiro atoms. The number of benzene rings is 4. The second-order valence-electron chi connectivity index (χ2n) is 11.3. The maximum atomic E-state index is 13.1. The van der Waals surface area contributed by atoms with Gasteiger partial charge in [0.15, 0.2) is 11.6 Å². The zero-order valence-electron chi connectivity index (χ0n) is 24.4. The van der Waals surface area contributed by atoms with Gasteiger partial charge in [0.1, 0.15) is 12.4 Å². The van der Waals surface area contributed by atoms with Crippen LogP contribution in [0.15, 0.2) is 84.9 Å². The van der Waals surface area contributed by atoms with E-state index in [1.807, 2.05) is 60.7 Å². The summed E-state index contributed by atoms with van der Waals surface area (Å²) in [4.78, 5) is 50.0. The number of ketones is 2. The van der Waals surface area contributed by atoms with Crippen molar-refractivity contribution < 1.29 is 28.9 Å². The van der Waals surface area contributed by atoms with E-state index in [-0.39, 0.29) is 42.4 Å². The molecule has 6 heteroatoms. The summed E-state index contributed by atoms with van der Waals surface area (Å²) in [5.74, 6) is 0.433. The predicted molar refractivity (Wildman–Crippen MR) is 164 cm³/mol. The highest BCUT2D eigenvalue weighted by Crippen LogP contribution is 2.43. The van der Waals surface area contributed by atoms with Crippen LogP contribution in [0, 0.1) is 11.8 Å². The third kappa shape index (κ3) is 5.56. The number of hydrogen-bond donors (Lipinski definition) is 0. The van der Waals surface area contributed by atoms with Gasteiger partial charge in [-0.1, -0.05) is 106 Å². The summed E-state index contributed by atoms with van der Waals surface area (Å²) in [6.45, 7) is 4.81. The molecule has 0 radical (unpaired) electrons. The predicted octanol–water partition coefficient (Wildman–Crippen LogP) is 8.00. The zero-order valence-corrected chi connectivity index (χ0v) is 24.4. The first-order valence-electron chi connectivity index (χ1n) is 15.0. The smallest absolute Gasteiger partial charge is 0.311 e. The van der Waals surface area contributed by atoms with Gasteiger partial charge in [0, 0.05) is 34.2 Å². The molecule has 0 N–H and O–H groups in total. The van der Waals surface area contributed by atoms with Gasteiger partial charge in [-0.3, -0.25) is 14.4 Å². The van der Waals surface area contributed by atoms with E-state index in [9.17, 15) is 14.4 Å². The summed E-state index contributed by atoms with van der Waals surface area (Å²) in [6.07, 6.45) is 2.77. The molecule has 0 aromatic heterocycles. The third-order valence-electron chi connectivity index (χ3n) is 8.65. The van der Waals surface area contributed by atoms with Crippen molar-refractivity contribution in [1.82, 2.24) is 0 Å². The maximum absolute atomic E-state index is 13.1. The van der Waals surface area contributed by atoms with Crippen molar-refractivity contribution in [3.8, 4) is 28.0 Å². The van der Waals surface area contributed by atoms with E-state index in [0.717, 1.165) is 47.1 Å². The molecule has 2 atom stereocenters. The Morgan fingerprint density at radius 3 is 1.84 bits per heavy atom. The molecule has 0 fully saturated rings. The van der Waals surface area contributed by atoms with Crippen LogP contribution in [0.5, 0.6) is 5.75 Å². The second-order valence-corrected chi connectivity index (χ2v) is 11.3. The minimum atomic E-state index is -0.308. The molecule has 2 unspecified atom stereocenters.